The number of nitrogens with one attached hydrogen (secondary N) is 1. The molecule has 0 radical (unpaired) electrons. The van der Waals surface area contributed by atoms with Gasteiger partial charge in [-0.2, -0.15) is 0 Å². The quantitative estimate of drug-likeness (QED) is 0.781. The maximum absolute atomic E-state index is 5.73. The molecule has 1 heterocycles. The van der Waals surface area contributed by atoms with Crippen molar-refractivity contribution in [2.75, 3.05) is 6.54 Å². The third-order valence-corrected chi connectivity index (χ3v) is 2.50. The molecule has 3 N–H and O–H groups in total. The lowest BCUT2D eigenvalue weighted by atomic mass is 10.2. The second-order valence-electron chi connectivity index (χ2n) is 2.96. The van der Waals surface area contributed by atoms with E-state index in [9.17, 15) is 0 Å². The van der Waals surface area contributed by atoms with Crippen molar-refractivity contribution in [2.45, 2.75) is 26.2 Å². The smallest absolute Gasteiger partial charge is 0.0994 e. The normalized spacial score (nSPS) is 18.3. The van der Waals surface area contributed by atoms with Crippen molar-refractivity contribution in [1.82, 2.24) is 5.32 Å². The van der Waals surface area contributed by atoms with E-state index in [1.165, 1.54) is 10.1 Å². The van der Waals surface area contributed by atoms with Gasteiger partial charge in [0.15, 0.2) is 0 Å². The van der Waals surface area contributed by atoms with Crippen LogP contribution in [0.25, 0.3) is 0 Å². The molecule has 12 heavy (non-hydrogen) atoms. The summed E-state index contributed by atoms with van der Waals surface area (Å²) in [5.74, 6) is 0.836. The zero-order chi connectivity index (χ0) is 8.97. The molecule has 0 atom stereocenters. The van der Waals surface area contributed by atoms with Crippen molar-refractivity contribution < 1.29 is 0 Å². The van der Waals surface area contributed by atoms with Gasteiger partial charge in [-0.1, -0.05) is 29.3 Å². The van der Waals surface area contributed by atoms with E-state index in [0.717, 1.165) is 31.6 Å². The molecule has 0 fully saturated rings. The summed E-state index contributed by atoms with van der Waals surface area (Å²) >= 11 is 3.52. The Labute approximate surface area is 82.0 Å². The molecule has 0 aromatic carbocycles. The summed E-state index contributed by atoms with van der Waals surface area (Å²) in [5, 5.41) is 3.11. The van der Waals surface area contributed by atoms with Gasteiger partial charge in [-0.05, 0) is 29.0 Å². The SMILES string of the molecule is CCC/C(Br)=C\C1=C(N)NCC1. The van der Waals surface area contributed by atoms with Crippen molar-refractivity contribution in [3.63, 3.8) is 0 Å². The van der Waals surface area contributed by atoms with Gasteiger partial charge in [0.25, 0.3) is 0 Å². The summed E-state index contributed by atoms with van der Waals surface area (Å²) in [4.78, 5) is 0. The van der Waals surface area contributed by atoms with E-state index in [2.05, 4.69) is 34.2 Å². The van der Waals surface area contributed by atoms with Gasteiger partial charge in [-0.25, -0.2) is 0 Å². The zero-order valence-corrected chi connectivity index (χ0v) is 8.95. The fourth-order valence-corrected chi connectivity index (χ4v) is 1.90. The number of hydrogen-bond acceptors (Lipinski definition) is 2. The Hall–Kier alpha value is -0.440. The lowest BCUT2D eigenvalue weighted by Gasteiger charge is -1.98. The van der Waals surface area contributed by atoms with Crippen molar-refractivity contribution in [3.8, 4) is 0 Å². The highest BCUT2D eigenvalue weighted by molar-refractivity contribution is 9.11. The van der Waals surface area contributed by atoms with E-state index in [1.54, 1.807) is 0 Å². The Kier molecular flexibility index (Phi) is 3.66. The van der Waals surface area contributed by atoms with Gasteiger partial charge >= 0.3 is 0 Å². The first kappa shape index (κ1) is 9.65. The molecule has 1 rings (SSSR count). The summed E-state index contributed by atoms with van der Waals surface area (Å²) in [6.45, 7) is 3.14. The topological polar surface area (TPSA) is 38.0 Å². The molecule has 0 bridgehead atoms. The minimum Gasteiger partial charge on any atom is -0.385 e. The van der Waals surface area contributed by atoms with E-state index in [4.69, 9.17) is 5.73 Å². The molecule has 0 amide bonds. The molecule has 68 valence electrons. The van der Waals surface area contributed by atoms with Gasteiger partial charge in [0, 0.05) is 6.54 Å². The average molecular weight is 231 g/mol. The van der Waals surface area contributed by atoms with Crippen LogP contribution in [0.15, 0.2) is 22.0 Å². The first-order valence-corrected chi connectivity index (χ1v) is 5.12. The van der Waals surface area contributed by atoms with E-state index in [-0.39, 0.29) is 0 Å². The Morgan fingerprint density at radius 2 is 2.50 bits per heavy atom. The standard InChI is InChI=1S/C9H15BrN2/c1-2-3-8(10)6-7-4-5-12-9(7)11/h6,12H,2-5,11H2,1H3/b8-6+. The van der Waals surface area contributed by atoms with Crippen molar-refractivity contribution in [1.29, 1.82) is 0 Å². The molecule has 0 aromatic heterocycles. The Balaban J connectivity index is 2.59. The van der Waals surface area contributed by atoms with Gasteiger partial charge in [0.2, 0.25) is 0 Å². The third kappa shape index (κ3) is 2.55. The van der Waals surface area contributed by atoms with Gasteiger partial charge in [0.1, 0.15) is 0 Å². The highest BCUT2D eigenvalue weighted by Gasteiger charge is 2.08. The Morgan fingerprint density at radius 3 is 3.00 bits per heavy atom. The highest BCUT2D eigenvalue weighted by atomic mass is 79.9. The maximum atomic E-state index is 5.73. The lowest BCUT2D eigenvalue weighted by molar-refractivity contribution is 0.864. The molecule has 0 spiro atoms. The van der Waals surface area contributed by atoms with Crippen molar-refractivity contribution in [2.24, 2.45) is 5.73 Å². The molecule has 2 nitrogen and oxygen atoms in total. The monoisotopic (exact) mass is 230 g/mol. The predicted molar refractivity (Wildman–Crippen MR) is 55.8 cm³/mol. The van der Waals surface area contributed by atoms with Crippen molar-refractivity contribution >= 4 is 15.9 Å². The fourth-order valence-electron chi connectivity index (χ4n) is 1.23. The first-order valence-electron chi connectivity index (χ1n) is 4.32. The van der Waals surface area contributed by atoms with Crippen LogP contribution in [0.5, 0.6) is 0 Å². The third-order valence-electron chi connectivity index (χ3n) is 1.88. The number of halogens is 1. The van der Waals surface area contributed by atoms with Crippen LogP contribution in [0.4, 0.5) is 0 Å². The summed E-state index contributed by atoms with van der Waals surface area (Å²) < 4.78 is 1.24. The van der Waals surface area contributed by atoms with Crippen LogP contribution in [0.3, 0.4) is 0 Å². The van der Waals surface area contributed by atoms with Crippen LogP contribution in [0.1, 0.15) is 26.2 Å². The molecule has 0 unspecified atom stereocenters. The van der Waals surface area contributed by atoms with Gasteiger partial charge < -0.3 is 11.1 Å². The van der Waals surface area contributed by atoms with Crippen LogP contribution >= 0.6 is 15.9 Å². The van der Waals surface area contributed by atoms with E-state index in [0.29, 0.717) is 0 Å². The summed E-state index contributed by atoms with van der Waals surface area (Å²) in [6.07, 6.45) is 5.44. The van der Waals surface area contributed by atoms with Crippen molar-refractivity contribution in [3.05, 3.63) is 22.0 Å². The Morgan fingerprint density at radius 1 is 1.75 bits per heavy atom. The van der Waals surface area contributed by atoms with Crippen LogP contribution in [0.2, 0.25) is 0 Å². The minimum absolute atomic E-state index is 0.836. The second kappa shape index (κ2) is 4.55. The minimum atomic E-state index is 0.836. The number of nitrogens with two attached hydrogens (primary N) is 1. The number of allylic oxidation sites excluding steroid dienone is 2. The average Bonchev–Trinajstić information content (AvgIpc) is 2.37. The van der Waals surface area contributed by atoms with Gasteiger partial charge in [-0.3, -0.25) is 0 Å². The fraction of sp³-hybridized carbons (Fsp3) is 0.556. The molecule has 3 heteroatoms. The zero-order valence-electron chi connectivity index (χ0n) is 7.36. The van der Waals surface area contributed by atoms with E-state index in [1.807, 2.05) is 0 Å². The van der Waals surface area contributed by atoms with Gasteiger partial charge in [-0.15, -0.1) is 0 Å². The lowest BCUT2D eigenvalue weighted by Crippen LogP contribution is -2.14. The largest absolute Gasteiger partial charge is 0.385 e. The summed E-state index contributed by atoms with van der Waals surface area (Å²) in [6, 6.07) is 0. The summed E-state index contributed by atoms with van der Waals surface area (Å²) in [5.41, 5.74) is 6.96. The molecular formula is C9H15BrN2. The van der Waals surface area contributed by atoms with Crippen LogP contribution < -0.4 is 11.1 Å². The molecule has 0 aliphatic carbocycles. The first-order chi connectivity index (χ1) is 5.74. The molecule has 1 aliphatic heterocycles. The molecule has 0 saturated heterocycles. The molecule has 1 aliphatic rings. The predicted octanol–water partition coefficient (Wildman–Crippen LogP) is 2.23. The summed E-state index contributed by atoms with van der Waals surface area (Å²) in [7, 11) is 0. The Bertz CT molecular complexity index is 219. The highest BCUT2D eigenvalue weighted by Crippen LogP contribution is 2.19. The van der Waals surface area contributed by atoms with Gasteiger partial charge in [0.05, 0.1) is 5.82 Å². The van der Waals surface area contributed by atoms with Crippen LogP contribution in [-0.4, -0.2) is 6.54 Å². The number of hydrogen-bond donors (Lipinski definition) is 2. The van der Waals surface area contributed by atoms with E-state index < -0.39 is 0 Å². The molecule has 0 aromatic rings. The van der Waals surface area contributed by atoms with E-state index >= 15 is 0 Å². The maximum Gasteiger partial charge on any atom is 0.0994 e. The van der Waals surface area contributed by atoms with Crippen LogP contribution in [-0.2, 0) is 0 Å². The molecule has 0 saturated carbocycles. The second-order valence-corrected chi connectivity index (χ2v) is 3.98. The van der Waals surface area contributed by atoms with Crippen LogP contribution in [0, 0.1) is 0 Å². The molecular weight excluding hydrogens is 216 g/mol. The number of rotatable bonds is 3.